The summed E-state index contributed by atoms with van der Waals surface area (Å²) in [5.41, 5.74) is 0. The van der Waals surface area contributed by atoms with Crippen molar-refractivity contribution in [3.8, 4) is 0 Å². The van der Waals surface area contributed by atoms with Crippen molar-refractivity contribution in [2.75, 3.05) is 27.2 Å². The predicted octanol–water partition coefficient (Wildman–Crippen LogP) is 3.33. The van der Waals surface area contributed by atoms with Crippen molar-refractivity contribution in [1.29, 1.82) is 0 Å². The minimum atomic E-state index is -1.61. The molecule has 0 spiro atoms. The largest absolute Gasteiger partial charge is 0.337 e. The van der Waals surface area contributed by atoms with Crippen molar-refractivity contribution in [2.45, 2.75) is 32.4 Å². The molecule has 1 fully saturated rings. The Labute approximate surface area is 144 Å². The zero-order chi connectivity index (χ0) is 16.9. The lowest BCUT2D eigenvalue weighted by atomic mass is 9.74. The quantitative estimate of drug-likeness (QED) is 0.431. The molecule has 1 aliphatic heterocycles. The Kier molecular flexibility index (Phi) is 6.45. The molecule has 0 radical (unpaired) electrons. The molecule has 0 bridgehead atoms. The maximum absolute atomic E-state index is 3.88. The molecule has 124 valence electrons. The van der Waals surface area contributed by atoms with Gasteiger partial charge in [0.2, 0.25) is 0 Å². The summed E-state index contributed by atoms with van der Waals surface area (Å²) in [7, 11) is 2.87. The average molecular weight is 326 g/mol. The summed E-state index contributed by atoms with van der Waals surface area (Å²) in [5, 5.41) is 3.21. The molecule has 1 heterocycles. The van der Waals surface area contributed by atoms with Crippen LogP contribution < -0.4 is 5.19 Å². The van der Waals surface area contributed by atoms with Crippen LogP contribution in [0.5, 0.6) is 0 Å². The van der Waals surface area contributed by atoms with Crippen molar-refractivity contribution in [3.05, 3.63) is 54.2 Å². The number of likely N-dealkylation sites (N-methyl/N-ethyl adjacent to an activating group) is 2. The third-order valence-electron chi connectivity index (χ3n) is 5.21. The third-order valence-corrected chi connectivity index (χ3v) is 9.01. The van der Waals surface area contributed by atoms with Crippen LogP contribution in [0.4, 0.5) is 0 Å². The number of hydrogen-bond donors (Lipinski definition) is 0. The van der Waals surface area contributed by atoms with Crippen molar-refractivity contribution in [1.82, 2.24) is 9.62 Å². The first-order valence-corrected chi connectivity index (χ1v) is 11.7. The zero-order valence-corrected chi connectivity index (χ0v) is 16.3. The first-order valence-electron chi connectivity index (χ1n) is 8.75. The smallest absolute Gasteiger partial charge is 0.326 e. The Hall–Kier alpha value is -1.10. The van der Waals surface area contributed by atoms with Crippen molar-refractivity contribution >= 4 is 20.2 Å². The molecule has 1 aromatic rings. The monoisotopic (exact) mass is 326 g/mol. The molecule has 1 aliphatic rings. The van der Waals surface area contributed by atoms with Crippen LogP contribution in [0.25, 0.3) is 0 Å². The van der Waals surface area contributed by atoms with Gasteiger partial charge in [0.15, 0.2) is 0 Å². The van der Waals surface area contributed by atoms with Gasteiger partial charge in [0.05, 0.1) is 0 Å². The fourth-order valence-electron chi connectivity index (χ4n) is 3.43. The Morgan fingerprint density at radius 3 is 2.35 bits per heavy atom. The molecule has 0 saturated carbocycles. The second-order valence-electron chi connectivity index (χ2n) is 7.24. The van der Waals surface area contributed by atoms with Gasteiger partial charge in [-0.25, -0.2) is 0 Å². The van der Waals surface area contributed by atoms with E-state index in [1.54, 1.807) is 5.20 Å². The first-order chi connectivity index (χ1) is 11.0. The average Bonchev–Trinajstić information content (AvgIpc) is 2.86. The van der Waals surface area contributed by atoms with E-state index in [1.165, 1.54) is 18.0 Å². The molecule has 23 heavy (non-hydrogen) atoms. The highest BCUT2D eigenvalue weighted by atomic mass is 28.3. The molecule has 0 aliphatic carbocycles. The topological polar surface area (TPSA) is 6.48 Å². The van der Waals surface area contributed by atoms with Crippen molar-refractivity contribution in [3.63, 3.8) is 0 Å². The molecule has 4 heteroatoms. The summed E-state index contributed by atoms with van der Waals surface area (Å²) in [6.07, 6.45) is 5.55. The van der Waals surface area contributed by atoms with E-state index in [-0.39, 0.29) is 0 Å². The van der Waals surface area contributed by atoms with Gasteiger partial charge in [-0.15, -0.1) is 6.58 Å². The summed E-state index contributed by atoms with van der Waals surface area (Å²) in [6, 6.07) is 11.1. The van der Waals surface area contributed by atoms with E-state index in [9.17, 15) is 0 Å². The predicted molar refractivity (Wildman–Crippen MR) is 107 cm³/mol. The lowest BCUT2D eigenvalue weighted by Gasteiger charge is -2.29. The van der Waals surface area contributed by atoms with Crippen LogP contribution in [0.15, 0.2) is 54.2 Å². The number of allylic oxidation sites excluding steroid dienone is 2. The summed E-state index contributed by atoms with van der Waals surface area (Å²) in [6.45, 7) is 11.6. The summed E-state index contributed by atoms with van der Waals surface area (Å²) < 4.78 is 0. The van der Waals surface area contributed by atoms with E-state index in [0.29, 0.717) is 6.98 Å². The molecule has 0 atom stereocenters. The summed E-state index contributed by atoms with van der Waals surface area (Å²) in [5.74, 6) is 2.56. The number of hydrogen-bond acceptors (Lipinski definition) is 2. The van der Waals surface area contributed by atoms with Crippen molar-refractivity contribution in [2.24, 2.45) is 0 Å². The van der Waals surface area contributed by atoms with Crippen LogP contribution in [0.1, 0.15) is 19.3 Å². The molecule has 0 unspecified atom stereocenters. The van der Waals surface area contributed by atoms with Crippen LogP contribution in [-0.4, -0.2) is 51.9 Å². The highest BCUT2D eigenvalue weighted by Crippen LogP contribution is 2.23. The summed E-state index contributed by atoms with van der Waals surface area (Å²) in [4.78, 5) is 4.92. The molecular weight excluding hydrogens is 295 g/mol. The maximum Gasteiger partial charge on any atom is 0.337 e. The fraction of sp³-hybridized carbons (Fsp3) is 0.474. The molecule has 2 nitrogen and oxygen atoms in total. The zero-order valence-electron chi connectivity index (χ0n) is 15.3. The number of nitrogens with zero attached hydrogens (tertiary/aromatic N) is 2. The highest BCUT2D eigenvalue weighted by Gasteiger charge is 2.34. The second kappa shape index (κ2) is 8.13. The molecule has 0 N–H and O–H groups in total. The SMILES string of the molecule is C=CCCC/C(=C/B1N(C)CCN1C)[Si](C)(C)c1ccccc1. The van der Waals surface area contributed by atoms with Crippen molar-refractivity contribution < 1.29 is 0 Å². The van der Waals surface area contributed by atoms with Gasteiger partial charge in [-0.1, -0.05) is 65.9 Å². The van der Waals surface area contributed by atoms with Gasteiger partial charge >= 0.3 is 6.98 Å². The maximum atomic E-state index is 3.88. The minimum absolute atomic E-state index is 0.448. The number of rotatable bonds is 7. The van der Waals surface area contributed by atoms with Gasteiger partial charge in [-0.05, 0) is 33.4 Å². The summed E-state index contributed by atoms with van der Waals surface area (Å²) >= 11 is 0. The molecular formula is C19H31BN2Si. The third kappa shape index (κ3) is 4.46. The van der Waals surface area contributed by atoms with E-state index in [4.69, 9.17) is 0 Å². The first kappa shape index (κ1) is 18.2. The minimum Gasteiger partial charge on any atom is -0.326 e. The second-order valence-corrected chi connectivity index (χ2v) is 11.7. The van der Waals surface area contributed by atoms with E-state index in [1.807, 2.05) is 6.08 Å². The Morgan fingerprint density at radius 1 is 1.17 bits per heavy atom. The van der Waals surface area contributed by atoms with Crippen LogP contribution in [-0.2, 0) is 0 Å². The van der Waals surface area contributed by atoms with Crippen LogP contribution in [0.3, 0.4) is 0 Å². The Morgan fingerprint density at radius 2 is 1.78 bits per heavy atom. The fourth-order valence-corrected chi connectivity index (χ4v) is 6.20. The van der Waals surface area contributed by atoms with Gasteiger partial charge in [0.1, 0.15) is 8.07 Å². The van der Waals surface area contributed by atoms with E-state index >= 15 is 0 Å². The Bertz CT molecular complexity index is 532. The van der Waals surface area contributed by atoms with Crippen LogP contribution in [0.2, 0.25) is 13.1 Å². The van der Waals surface area contributed by atoms with Gasteiger partial charge in [0.25, 0.3) is 0 Å². The van der Waals surface area contributed by atoms with Crippen LogP contribution >= 0.6 is 0 Å². The van der Waals surface area contributed by atoms with Gasteiger partial charge in [-0.3, -0.25) is 0 Å². The standard InChI is InChI=1S/C19H31BN2Si/c1-6-7-9-14-19(17-20-21(2)15-16-22(20)3)23(4,5)18-12-10-8-11-13-18/h6,8,10-13,17H,1,7,9,14-16H2,2-5H3/b19-17-. The van der Waals surface area contributed by atoms with Gasteiger partial charge in [0, 0.05) is 13.1 Å². The normalized spacial score (nSPS) is 17.7. The highest BCUT2D eigenvalue weighted by molar-refractivity contribution is 6.96. The Balaban J connectivity index is 2.31. The van der Waals surface area contributed by atoms with E-state index in [2.05, 4.69) is 79.7 Å². The van der Waals surface area contributed by atoms with Gasteiger partial charge < -0.3 is 9.62 Å². The molecule has 2 rings (SSSR count). The molecule has 1 saturated heterocycles. The number of benzene rings is 1. The van der Waals surface area contributed by atoms with Crippen LogP contribution in [0, 0.1) is 0 Å². The molecule has 1 aromatic carbocycles. The number of unbranched alkanes of at least 4 members (excludes halogenated alkanes) is 1. The lowest BCUT2D eigenvalue weighted by Crippen LogP contribution is -2.46. The van der Waals surface area contributed by atoms with Gasteiger partial charge in [-0.2, -0.15) is 0 Å². The molecule has 0 amide bonds. The van der Waals surface area contributed by atoms with E-state index < -0.39 is 8.07 Å². The molecule has 0 aromatic heterocycles. The lowest BCUT2D eigenvalue weighted by molar-refractivity contribution is 0.553. The van der Waals surface area contributed by atoms with E-state index in [0.717, 1.165) is 19.5 Å².